The highest BCUT2D eigenvalue weighted by Crippen LogP contribution is 2.55. The quantitative estimate of drug-likeness (QED) is 0.528. The van der Waals surface area contributed by atoms with Crippen LogP contribution in [0.15, 0.2) is 54.6 Å². The van der Waals surface area contributed by atoms with Gasteiger partial charge < -0.3 is 20.5 Å². The van der Waals surface area contributed by atoms with Gasteiger partial charge in [-0.15, -0.1) is 0 Å². The Labute approximate surface area is 214 Å². The van der Waals surface area contributed by atoms with E-state index in [0.717, 1.165) is 31.2 Å². The summed E-state index contributed by atoms with van der Waals surface area (Å²) < 4.78 is 5.19. The molecule has 0 unspecified atom stereocenters. The molecule has 2 aliphatic rings. The van der Waals surface area contributed by atoms with Gasteiger partial charge in [0, 0.05) is 24.1 Å². The van der Waals surface area contributed by atoms with Crippen LogP contribution < -0.4 is 15.4 Å². The fourth-order valence-corrected chi connectivity index (χ4v) is 6.63. The second-order valence-corrected chi connectivity index (χ2v) is 11.1. The summed E-state index contributed by atoms with van der Waals surface area (Å²) in [5, 5.41) is 17.9. The molecule has 2 aromatic rings. The van der Waals surface area contributed by atoms with Crippen LogP contribution in [0, 0.1) is 29.1 Å². The first-order chi connectivity index (χ1) is 17.2. The number of hydrogen-bond acceptors (Lipinski definition) is 4. The molecule has 3 N–H and O–H groups in total. The van der Waals surface area contributed by atoms with E-state index in [9.17, 15) is 14.7 Å². The van der Waals surface area contributed by atoms with Crippen LogP contribution in [-0.4, -0.2) is 36.2 Å². The van der Waals surface area contributed by atoms with Crippen molar-refractivity contribution in [3.8, 4) is 5.75 Å². The van der Waals surface area contributed by atoms with Crippen molar-refractivity contribution in [1.82, 2.24) is 10.6 Å². The topological polar surface area (TPSA) is 87.7 Å². The molecule has 0 aliphatic heterocycles. The minimum absolute atomic E-state index is 0.0108. The van der Waals surface area contributed by atoms with E-state index in [0.29, 0.717) is 17.9 Å². The van der Waals surface area contributed by atoms with Crippen LogP contribution in [-0.2, 0) is 11.3 Å². The zero-order valence-electron chi connectivity index (χ0n) is 21.9. The van der Waals surface area contributed by atoms with Crippen molar-refractivity contribution in [2.24, 2.45) is 29.1 Å². The molecule has 0 radical (unpaired) electrons. The normalized spacial score (nSPS) is 30.5. The average Bonchev–Trinajstić information content (AvgIpc) is 2.89. The van der Waals surface area contributed by atoms with E-state index in [1.807, 2.05) is 37.3 Å². The minimum Gasteiger partial charge on any atom is -0.497 e. The molecule has 36 heavy (non-hydrogen) atoms. The molecule has 194 valence electrons. The lowest BCUT2D eigenvalue weighted by atomic mass is 9.51. The Morgan fingerprint density at radius 2 is 1.75 bits per heavy atom. The third kappa shape index (κ3) is 5.44. The van der Waals surface area contributed by atoms with Crippen molar-refractivity contribution in [3.63, 3.8) is 0 Å². The number of nitrogens with one attached hydrogen (secondary N) is 2. The summed E-state index contributed by atoms with van der Waals surface area (Å²) in [7, 11) is 1.60. The molecule has 2 aromatic carbocycles. The van der Waals surface area contributed by atoms with Crippen molar-refractivity contribution in [2.75, 3.05) is 7.11 Å². The summed E-state index contributed by atoms with van der Waals surface area (Å²) in [6.45, 7) is 6.85. The first kappa shape index (κ1) is 26.2. The second-order valence-electron chi connectivity index (χ2n) is 11.1. The highest BCUT2D eigenvalue weighted by Gasteiger charge is 2.53. The number of ether oxygens (including phenoxy) is 1. The van der Waals surface area contributed by atoms with Gasteiger partial charge in [0.05, 0.1) is 13.2 Å². The minimum atomic E-state index is -0.586. The van der Waals surface area contributed by atoms with E-state index in [4.69, 9.17) is 4.74 Å². The summed E-state index contributed by atoms with van der Waals surface area (Å²) in [5.41, 5.74) is 1.67. The number of aliphatic hydroxyl groups excluding tert-OH is 1. The van der Waals surface area contributed by atoms with Crippen LogP contribution in [0.4, 0.5) is 0 Å². The zero-order valence-corrected chi connectivity index (χ0v) is 21.9. The lowest BCUT2D eigenvalue weighted by molar-refractivity contribution is -0.142. The molecule has 2 saturated carbocycles. The van der Waals surface area contributed by atoms with Gasteiger partial charge in [0.25, 0.3) is 5.91 Å². The summed E-state index contributed by atoms with van der Waals surface area (Å²) in [6.07, 6.45) is 3.08. The number of carbonyl (C=O) groups excluding carboxylic acids is 2. The molecule has 2 amide bonds. The van der Waals surface area contributed by atoms with E-state index in [1.165, 1.54) is 0 Å². The van der Waals surface area contributed by atoms with Crippen LogP contribution in [0.25, 0.3) is 0 Å². The van der Waals surface area contributed by atoms with Gasteiger partial charge in [0.1, 0.15) is 5.75 Å². The SMILES string of the molecule is COc1ccc(C(=O)N[C@H]2CC[C@]3(C)CC[C@H]([C@H](C)C(=O)NCc4ccccc4)[C@H](O)[C@H]3[C@@H]2C)cc1. The number of aliphatic hydroxyl groups is 1. The predicted octanol–water partition coefficient (Wildman–Crippen LogP) is 4.57. The third-order valence-electron chi connectivity index (χ3n) is 8.92. The molecule has 6 heteroatoms. The van der Waals surface area contributed by atoms with Crippen LogP contribution in [0.3, 0.4) is 0 Å². The van der Waals surface area contributed by atoms with E-state index in [2.05, 4.69) is 24.5 Å². The average molecular weight is 493 g/mol. The number of benzene rings is 2. The van der Waals surface area contributed by atoms with Gasteiger partial charge in [-0.1, -0.05) is 51.1 Å². The summed E-state index contributed by atoms with van der Waals surface area (Å²) >= 11 is 0. The van der Waals surface area contributed by atoms with Gasteiger partial charge in [0.2, 0.25) is 5.91 Å². The second kappa shape index (κ2) is 11.0. The molecule has 0 spiro atoms. The van der Waals surface area contributed by atoms with Crippen LogP contribution in [0.1, 0.15) is 62.4 Å². The van der Waals surface area contributed by atoms with Gasteiger partial charge in [-0.3, -0.25) is 9.59 Å². The maximum atomic E-state index is 13.0. The third-order valence-corrected chi connectivity index (χ3v) is 8.92. The van der Waals surface area contributed by atoms with Crippen LogP contribution in [0.2, 0.25) is 0 Å². The molecule has 0 heterocycles. The Bertz CT molecular complexity index is 1040. The van der Waals surface area contributed by atoms with E-state index in [-0.39, 0.29) is 46.9 Å². The largest absolute Gasteiger partial charge is 0.497 e. The molecule has 0 aromatic heterocycles. The number of carbonyl (C=O) groups is 2. The summed E-state index contributed by atoms with van der Waals surface area (Å²) in [5.74, 6) is 0.338. The van der Waals surface area contributed by atoms with Crippen LogP contribution >= 0.6 is 0 Å². The highest BCUT2D eigenvalue weighted by atomic mass is 16.5. The number of fused-ring (bicyclic) bond motifs is 1. The highest BCUT2D eigenvalue weighted by molar-refractivity contribution is 5.94. The van der Waals surface area contributed by atoms with Crippen molar-refractivity contribution in [1.29, 1.82) is 0 Å². The fourth-order valence-electron chi connectivity index (χ4n) is 6.63. The molecule has 0 bridgehead atoms. The van der Waals surface area contributed by atoms with Gasteiger partial charge in [0.15, 0.2) is 0 Å². The Balaban J connectivity index is 1.41. The standard InChI is InChI=1S/C30H40N2O4/c1-19(28(34)31-18-21-8-6-5-7-9-21)24-14-16-30(3)17-15-25(20(2)26(30)27(24)33)32-29(35)22-10-12-23(36-4)13-11-22/h5-13,19-20,24-27,33H,14-18H2,1-4H3,(H,31,34)(H,32,35)/t19-,20+,24+,25-,26+,27-,30-/m0/s1. The number of amides is 2. The number of rotatable bonds is 7. The Hall–Kier alpha value is -2.86. The summed E-state index contributed by atoms with van der Waals surface area (Å²) in [4.78, 5) is 26.0. The molecule has 6 nitrogen and oxygen atoms in total. The van der Waals surface area contributed by atoms with E-state index < -0.39 is 6.10 Å². The van der Waals surface area contributed by atoms with Gasteiger partial charge in [-0.2, -0.15) is 0 Å². The van der Waals surface area contributed by atoms with Crippen molar-refractivity contribution in [2.45, 2.75) is 65.1 Å². The zero-order chi connectivity index (χ0) is 25.9. The smallest absolute Gasteiger partial charge is 0.251 e. The van der Waals surface area contributed by atoms with Crippen molar-refractivity contribution >= 4 is 11.8 Å². The Kier molecular flexibility index (Phi) is 8.04. The molecule has 2 aliphatic carbocycles. The predicted molar refractivity (Wildman–Crippen MR) is 140 cm³/mol. The molecule has 4 rings (SSSR count). The van der Waals surface area contributed by atoms with Crippen LogP contribution in [0.5, 0.6) is 5.75 Å². The lowest BCUT2D eigenvalue weighted by Gasteiger charge is -2.56. The first-order valence-electron chi connectivity index (χ1n) is 13.2. The molecule has 7 atom stereocenters. The number of methoxy groups -OCH3 is 1. The fraction of sp³-hybridized carbons (Fsp3) is 0.533. The maximum Gasteiger partial charge on any atom is 0.251 e. The first-order valence-corrected chi connectivity index (χ1v) is 13.2. The molecule has 0 saturated heterocycles. The lowest BCUT2D eigenvalue weighted by Crippen LogP contribution is -2.58. The maximum absolute atomic E-state index is 13.0. The van der Waals surface area contributed by atoms with E-state index in [1.54, 1.807) is 31.4 Å². The summed E-state index contributed by atoms with van der Waals surface area (Å²) in [6, 6.07) is 17.0. The van der Waals surface area contributed by atoms with Crippen molar-refractivity contribution in [3.05, 3.63) is 65.7 Å². The Morgan fingerprint density at radius 3 is 2.42 bits per heavy atom. The monoisotopic (exact) mass is 492 g/mol. The van der Waals surface area contributed by atoms with Gasteiger partial charge >= 0.3 is 0 Å². The molecule has 2 fully saturated rings. The molecular weight excluding hydrogens is 452 g/mol. The van der Waals surface area contributed by atoms with Gasteiger partial charge in [-0.05, 0) is 78.7 Å². The van der Waals surface area contributed by atoms with Crippen molar-refractivity contribution < 1.29 is 19.4 Å². The Morgan fingerprint density at radius 1 is 1.08 bits per heavy atom. The van der Waals surface area contributed by atoms with E-state index >= 15 is 0 Å². The molecular formula is C30H40N2O4. The van der Waals surface area contributed by atoms with Gasteiger partial charge in [-0.25, -0.2) is 0 Å². The number of hydrogen-bond donors (Lipinski definition) is 3.